The van der Waals surface area contributed by atoms with E-state index in [-0.39, 0.29) is 0 Å². The van der Waals surface area contributed by atoms with Crippen LogP contribution in [0.1, 0.15) is 19.8 Å². The van der Waals surface area contributed by atoms with E-state index >= 15 is 0 Å². The number of likely N-dealkylation sites (tertiary alicyclic amines) is 1. The molecule has 4 heteroatoms. The first kappa shape index (κ1) is 11.6. The number of hydrogen-bond acceptors (Lipinski definition) is 3. The minimum atomic E-state index is 0.298. The molecule has 0 aromatic carbocycles. The topological polar surface area (TPSA) is 41.3 Å². The van der Waals surface area contributed by atoms with Crippen molar-refractivity contribution in [2.24, 2.45) is 5.92 Å². The van der Waals surface area contributed by atoms with Crippen LogP contribution in [0, 0.1) is 5.92 Å². The normalized spacial score (nSPS) is 26.4. The van der Waals surface area contributed by atoms with Gasteiger partial charge in [-0.3, -0.25) is 4.90 Å². The van der Waals surface area contributed by atoms with E-state index in [0.717, 1.165) is 26.1 Å². The van der Waals surface area contributed by atoms with Crippen molar-refractivity contribution in [3.63, 3.8) is 0 Å². The largest absolute Gasteiger partial charge is 0.395 e. The molecule has 0 spiro atoms. The lowest BCUT2D eigenvalue weighted by Crippen LogP contribution is -2.36. The lowest BCUT2D eigenvalue weighted by Gasteiger charge is -2.24. The van der Waals surface area contributed by atoms with Crippen LogP contribution in [0.4, 0.5) is 0 Å². The first-order valence-corrected chi connectivity index (χ1v) is 6.12. The Morgan fingerprint density at radius 1 is 1.44 bits per heavy atom. The van der Waals surface area contributed by atoms with Crippen LogP contribution in [-0.4, -0.2) is 45.3 Å². The zero-order valence-electron chi connectivity index (χ0n) is 9.92. The van der Waals surface area contributed by atoms with Crippen molar-refractivity contribution in [2.75, 3.05) is 19.7 Å². The molecule has 16 heavy (non-hydrogen) atoms. The fraction of sp³-hybridized carbons (Fsp3) is 0.750. The summed E-state index contributed by atoms with van der Waals surface area (Å²) in [6.07, 6.45) is 8.01. The summed E-state index contributed by atoms with van der Waals surface area (Å²) in [6.45, 7) is 5.76. The van der Waals surface area contributed by atoms with E-state index in [9.17, 15) is 5.11 Å². The lowest BCUT2D eigenvalue weighted by molar-refractivity contribution is 0.137. The summed E-state index contributed by atoms with van der Waals surface area (Å²) in [7, 11) is 0. The van der Waals surface area contributed by atoms with Crippen molar-refractivity contribution in [2.45, 2.75) is 32.4 Å². The first-order valence-electron chi connectivity index (χ1n) is 6.12. The van der Waals surface area contributed by atoms with E-state index in [2.05, 4.69) is 21.4 Å². The molecule has 1 N–H and O–H groups in total. The summed E-state index contributed by atoms with van der Waals surface area (Å²) >= 11 is 0. The van der Waals surface area contributed by atoms with Gasteiger partial charge in [-0.2, -0.15) is 0 Å². The minimum absolute atomic E-state index is 0.298. The van der Waals surface area contributed by atoms with Gasteiger partial charge in [0.05, 0.1) is 12.9 Å². The molecule has 0 aliphatic carbocycles. The Hall–Kier alpha value is -0.870. The molecule has 2 unspecified atom stereocenters. The molecule has 2 rings (SSSR count). The fourth-order valence-electron chi connectivity index (χ4n) is 2.54. The molecule has 0 bridgehead atoms. The number of aliphatic hydroxyl groups is 1. The Kier molecular flexibility index (Phi) is 3.96. The number of aliphatic hydroxyl groups excluding tert-OH is 1. The number of aromatic nitrogens is 2. The Balaban J connectivity index is 1.73. The maximum absolute atomic E-state index is 9.33. The van der Waals surface area contributed by atoms with Crippen LogP contribution >= 0.6 is 0 Å². The van der Waals surface area contributed by atoms with E-state index in [1.54, 1.807) is 0 Å². The van der Waals surface area contributed by atoms with Crippen LogP contribution < -0.4 is 0 Å². The lowest BCUT2D eigenvalue weighted by atomic mass is 10.0. The Morgan fingerprint density at radius 3 is 3.00 bits per heavy atom. The molecule has 1 aliphatic rings. The highest BCUT2D eigenvalue weighted by Crippen LogP contribution is 2.23. The molecule has 2 atom stereocenters. The summed E-state index contributed by atoms with van der Waals surface area (Å²) in [5.74, 6) is 0.637. The molecule has 2 heterocycles. The quantitative estimate of drug-likeness (QED) is 0.809. The average molecular weight is 223 g/mol. The molecule has 0 radical (unpaired) electrons. The monoisotopic (exact) mass is 223 g/mol. The predicted octanol–water partition coefficient (Wildman–Crippen LogP) is 0.976. The molecule has 1 aromatic heterocycles. The summed E-state index contributed by atoms with van der Waals surface area (Å²) in [6, 6.07) is 0.378. The maximum Gasteiger partial charge on any atom is 0.0945 e. The smallest absolute Gasteiger partial charge is 0.0945 e. The zero-order valence-corrected chi connectivity index (χ0v) is 9.92. The summed E-state index contributed by atoms with van der Waals surface area (Å²) < 4.78 is 2.10. The van der Waals surface area contributed by atoms with Crippen molar-refractivity contribution < 1.29 is 5.11 Å². The third-order valence-electron chi connectivity index (χ3n) is 3.61. The van der Waals surface area contributed by atoms with E-state index in [1.807, 2.05) is 18.7 Å². The number of imidazole rings is 1. The van der Waals surface area contributed by atoms with Crippen LogP contribution in [-0.2, 0) is 6.54 Å². The highest BCUT2D eigenvalue weighted by atomic mass is 16.3. The maximum atomic E-state index is 9.33. The van der Waals surface area contributed by atoms with Crippen molar-refractivity contribution in [1.29, 1.82) is 0 Å². The Bertz CT molecular complexity index is 299. The van der Waals surface area contributed by atoms with E-state index in [4.69, 9.17) is 0 Å². The number of rotatable bonds is 5. The third-order valence-corrected chi connectivity index (χ3v) is 3.61. The van der Waals surface area contributed by atoms with Gasteiger partial charge in [0.2, 0.25) is 0 Å². The van der Waals surface area contributed by atoms with Crippen LogP contribution in [0.5, 0.6) is 0 Å². The van der Waals surface area contributed by atoms with E-state index in [0.29, 0.717) is 18.6 Å². The molecule has 0 saturated carbocycles. The van der Waals surface area contributed by atoms with Crippen LogP contribution in [0.25, 0.3) is 0 Å². The van der Waals surface area contributed by atoms with Gasteiger partial charge >= 0.3 is 0 Å². The fourth-order valence-corrected chi connectivity index (χ4v) is 2.54. The highest BCUT2D eigenvalue weighted by Gasteiger charge is 2.29. The van der Waals surface area contributed by atoms with Gasteiger partial charge in [0, 0.05) is 31.5 Å². The van der Waals surface area contributed by atoms with Gasteiger partial charge < -0.3 is 9.67 Å². The van der Waals surface area contributed by atoms with Gasteiger partial charge in [-0.1, -0.05) is 6.92 Å². The summed E-state index contributed by atoms with van der Waals surface area (Å²) in [5, 5.41) is 9.33. The first-order chi connectivity index (χ1) is 7.81. The van der Waals surface area contributed by atoms with Crippen molar-refractivity contribution in [1.82, 2.24) is 14.5 Å². The summed E-state index contributed by atoms with van der Waals surface area (Å²) in [5.41, 5.74) is 0. The van der Waals surface area contributed by atoms with Crippen LogP contribution in [0.15, 0.2) is 18.7 Å². The Morgan fingerprint density at radius 2 is 2.31 bits per heavy atom. The van der Waals surface area contributed by atoms with E-state index < -0.39 is 0 Å². The van der Waals surface area contributed by atoms with Gasteiger partial charge in [0.1, 0.15) is 0 Å². The third kappa shape index (κ3) is 2.62. The van der Waals surface area contributed by atoms with E-state index in [1.165, 1.54) is 6.42 Å². The molecule has 4 nitrogen and oxygen atoms in total. The standard InChI is InChI=1S/C12H21N3O/c1-11-3-7-15(12(11)9-16)6-2-5-14-8-4-13-10-14/h4,8,10-12,16H,2-3,5-7,9H2,1H3. The second-order valence-corrected chi connectivity index (χ2v) is 4.71. The van der Waals surface area contributed by atoms with Gasteiger partial charge in [-0.05, 0) is 25.3 Å². The van der Waals surface area contributed by atoms with Gasteiger partial charge in [0.25, 0.3) is 0 Å². The van der Waals surface area contributed by atoms with Crippen molar-refractivity contribution in [3.05, 3.63) is 18.7 Å². The minimum Gasteiger partial charge on any atom is -0.395 e. The molecule has 1 fully saturated rings. The second-order valence-electron chi connectivity index (χ2n) is 4.71. The van der Waals surface area contributed by atoms with Crippen LogP contribution in [0.2, 0.25) is 0 Å². The van der Waals surface area contributed by atoms with Gasteiger partial charge in [-0.25, -0.2) is 4.98 Å². The van der Waals surface area contributed by atoms with Crippen molar-refractivity contribution >= 4 is 0 Å². The van der Waals surface area contributed by atoms with Gasteiger partial charge in [-0.15, -0.1) is 0 Å². The number of aryl methyl sites for hydroxylation is 1. The molecule has 90 valence electrons. The van der Waals surface area contributed by atoms with Crippen LogP contribution in [0.3, 0.4) is 0 Å². The SMILES string of the molecule is CC1CCN(CCCn2ccnc2)C1CO. The van der Waals surface area contributed by atoms with Crippen molar-refractivity contribution in [3.8, 4) is 0 Å². The molecular weight excluding hydrogens is 202 g/mol. The predicted molar refractivity (Wildman–Crippen MR) is 63.1 cm³/mol. The average Bonchev–Trinajstić information content (AvgIpc) is 2.89. The highest BCUT2D eigenvalue weighted by molar-refractivity contribution is 4.84. The molecule has 0 amide bonds. The number of hydrogen-bond donors (Lipinski definition) is 1. The molecular formula is C12H21N3O. The summed E-state index contributed by atoms with van der Waals surface area (Å²) in [4.78, 5) is 6.44. The molecule has 1 aromatic rings. The molecule has 1 aliphatic heterocycles. The second kappa shape index (κ2) is 5.46. The number of nitrogens with zero attached hydrogens (tertiary/aromatic N) is 3. The zero-order chi connectivity index (χ0) is 11.4. The Labute approximate surface area is 96.9 Å². The van der Waals surface area contributed by atoms with Gasteiger partial charge in [0.15, 0.2) is 0 Å². The molecule has 1 saturated heterocycles.